The lowest BCUT2D eigenvalue weighted by Gasteiger charge is -2.56. The summed E-state index contributed by atoms with van der Waals surface area (Å²) < 4.78 is 61.5. The first kappa shape index (κ1) is 44.4. The summed E-state index contributed by atoms with van der Waals surface area (Å²) in [5.74, 6) is -1.08. The van der Waals surface area contributed by atoms with Crippen molar-refractivity contribution >= 4 is 44.2 Å². The number of carbonyl (C=O) groups excluding carboxylic acids is 1. The topological polar surface area (TPSA) is 194 Å². The molecule has 1 atom stereocenters. The van der Waals surface area contributed by atoms with Crippen LogP contribution >= 0.6 is 0 Å². The van der Waals surface area contributed by atoms with Crippen molar-refractivity contribution < 1.29 is 36.7 Å². The van der Waals surface area contributed by atoms with Crippen LogP contribution in [0.1, 0.15) is 98.7 Å². The number of aromatic amines is 1. The molecule has 65 heavy (non-hydrogen) atoms. The monoisotopic (exact) mass is 910 g/mol. The van der Waals surface area contributed by atoms with Crippen molar-refractivity contribution in [3.63, 3.8) is 0 Å². The number of aromatic nitrogens is 3. The second kappa shape index (κ2) is 18.2. The summed E-state index contributed by atoms with van der Waals surface area (Å²) in [5.41, 5.74) is 3.41. The van der Waals surface area contributed by atoms with Crippen LogP contribution in [-0.2, 0) is 14.8 Å². The number of carbonyl (C=O) groups is 1. The van der Waals surface area contributed by atoms with Gasteiger partial charge in [0.1, 0.15) is 22.1 Å². The number of hydrogen-bond acceptors (Lipinski definition) is 13. The van der Waals surface area contributed by atoms with E-state index in [1.165, 1.54) is 43.2 Å². The van der Waals surface area contributed by atoms with Gasteiger partial charge < -0.3 is 29.4 Å². The van der Waals surface area contributed by atoms with Gasteiger partial charge in [0.05, 0.1) is 29.2 Å². The van der Waals surface area contributed by atoms with E-state index < -0.39 is 37.3 Å². The Hall–Kier alpha value is -5.85. The number of nitro groups is 1. The maximum atomic E-state index is 14.8. The van der Waals surface area contributed by atoms with Gasteiger partial charge in [-0.1, -0.05) is 38.1 Å². The van der Waals surface area contributed by atoms with Crippen molar-refractivity contribution in [1.82, 2.24) is 24.6 Å². The van der Waals surface area contributed by atoms with Crippen molar-refractivity contribution in [3.8, 4) is 17.4 Å². The fraction of sp³-hybridized carbons (Fsp3) is 0.468. The number of ether oxygens (including phenoxy) is 3. The normalized spacial score (nSPS) is 19.4. The second-order valence-electron chi connectivity index (χ2n) is 18.2. The number of hydrogen-bond donors (Lipinski definition) is 3. The number of likely N-dealkylation sites (tertiary alicyclic amines) is 1. The number of sulfonamides is 1. The predicted molar refractivity (Wildman–Crippen MR) is 243 cm³/mol. The number of methoxy groups -OCH3 is 1. The van der Waals surface area contributed by atoms with Crippen molar-refractivity contribution in [1.29, 1.82) is 0 Å². The number of nitrogens with zero attached hydrogens (tertiary/aromatic N) is 5. The molecule has 344 valence electrons. The number of anilines is 2. The maximum absolute atomic E-state index is 14.8. The summed E-state index contributed by atoms with van der Waals surface area (Å²) in [6.45, 7) is 8.78. The van der Waals surface area contributed by atoms with Crippen LogP contribution in [0.3, 0.4) is 0 Å². The van der Waals surface area contributed by atoms with Crippen LogP contribution in [0.2, 0.25) is 0 Å². The molecular formula is C47H55FN8O8S. The highest BCUT2D eigenvalue weighted by Gasteiger charge is 2.50. The minimum atomic E-state index is -4.69. The first-order valence-electron chi connectivity index (χ1n) is 22.5. The Morgan fingerprint density at radius 2 is 1.83 bits per heavy atom. The van der Waals surface area contributed by atoms with Gasteiger partial charge in [-0.05, 0) is 98.4 Å². The van der Waals surface area contributed by atoms with Gasteiger partial charge in [-0.3, -0.25) is 19.8 Å². The van der Waals surface area contributed by atoms with Crippen LogP contribution < -0.4 is 24.4 Å². The van der Waals surface area contributed by atoms with Gasteiger partial charge in [-0.15, -0.1) is 0 Å². The van der Waals surface area contributed by atoms with Crippen LogP contribution in [0, 0.1) is 27.3 Å². The van der Waals surface area contributed by atoms with Gasteiger partial charge in [0.25, 0.3) is 21.8 Å². The molecule has 1 saturated carbocycles. The first-order valence-corrected chi connectivity index (χ1v) is 24.0. The molecule has 0 bridgehead atoms. The molecule has 1 spiro atoms. The number of piperidine rings is 1. The SMILES string of the molecule is COc1nc2[nH]cc(F)c2cc1Oc1cc(N2CCC3(CC2)CC(N2CCC[C@H]2c2ccccc2C(C)C)C3)ccc1C(=O)NS(=O)(=O)c1cnc(NCC2CCOCC2)c([N+](=O)[O-])c1. The Labute approximate surface area is 377 Å². The van der Waals surface area contributed by atoms with Gasteiger partial charge in [0, 0.05) is 75.0 Å². The summed E-state index contributed by atoms with van der Waals surface area (Å²) in [6.07, 6.45) is 10.4. The lowest BCUT2D eigenvalue weighted by molar-refractivity contribution is -0.384. The van der Waals surface area contributed by atoms with Crippen molar-refractivity contribution in [2.24, 2.45) is 11.3 Å². The quantitative estimate of drug-likeness (QED) is 0.0710. The number of H-pyrrole nitrogens is 1. The summed E-state index contributed by atoms with van der Waals surface area (Å²) in [6, 6.07) is 17.1. The van der Waals surface area contributed by atoms with E-state index in [0.717, 1.165) is 82.3 Å². The van der Waals surface area contributed by atoms with E-state index in [1.54, 1.807) is 12.1 Å². The van der Waals surface area contributed by atoms with Crippen LogP contribution in [0.15, 0.2) is 71.9 Å². The van der Waals surface area contributed by atoms with E-state index in [1.807, 2.05) is 4.72 Å². The molecule has 1 amide bonds. The number of fused-ring (bicyclic) bond motifs is 1. The summed E-state index contributed by atoms with van der Waals surface area (Å²) in [4.78, 5) is 41.0. The summed E-state index contributed by atoms with van der Waals surface area (Å²) in [7, 11) is -3.32. The molecule has 3 aromatic heterocycles. The number of rotatable bonds is 14. The molecule has 18 heteroatoms. The zero-order valence-electron chi connectivity index (χ0n) is 36.8. The van der Waals surface area contributed by atoms with Crippen molar-refractivity contribution in [3.05, 3.63) is 99.6 Å². The zero-order valence-corrected chi connectivity index (χ0v) is 37.7. The number of nitrogens with one attached hydrogen (secondary N) is 3. The summed E-state index contributed by atoms with van der Waals surface area (Å²) >= 11 is 0. The molecule has 4 fully saturated rings. The highest BCUT2D eigenvalue weighted by Crippen LogP contribution is 2.54. The fourth-order valence-corrected chi connectivity index (χ4v) is 11.2. The van der Waals surface area contributed by atoms with Gasteiger partial charge in [-0.25, -0.2) is 22.5 Å². The van der Waals surface area contributed by atoms with E-state index in [2.05, 4.69) is 68.2 Å². The molecule has 5 aromatic rings. The number of pyridine rings is 2. The Kier molecular flexibility index (Phi) is 12.4. The molecule has 3 N–H and O–H groups in total. The van der Waals surface area contributed by atoms with Gasteiger partial charge in [-0.2, -0.15) is 4.98 Å². The number of halogens is 1. The largest absolute Gasteiger partial charge is 0.478 e. The maximum Gasteiger partial charge on any atom is 0.312 e. The highest BCUT2D eigenvalue weighted by atomic mass is 32.2. The van der Waals surface area contributed by atoms with Gasteiger partial charge in [0.15, 0.2) is 5.75 Å². The molecule has 3 aliphatic heterocycles. The minimum Gasteiger partial charge on any atom is -0.478 e. The molecule has 4 aliphatic rings. The fourth-order valence-electron chi connectivity index (χ4n) is 10.3. The Morgan fingerprint density at radius 1 is 1.06 bits per heavy atom. The first-order chi connectivity index (χ1) is 31.3. The molecule has 0 unspecified atom stereocenters. The van der Waals surface area contributed by atoms with Crippen molar-refractivity contribution in [2.75, 3.05) is 56.7 Å². The molecule has 2 aromatic carbocycles. The Balaban J connectivity index is 0.935. The molecule has 1 aliphatic carbocycles. The van der Waals surface area contributed by atoms with Gasteiger partial charge in [0.2, 0.25) is 5.82 Å². The lowest BCUT2D eigenvalue weighted by atomic mass is 9.59. The van der Waals surface area contributed by atoms with Crippen molar-refractivity contribution in [2.45, 2.75) is 88.1 Å². The Bertz CT molecular complexity index is 2690. The summed E-state index contributed by atoms with van der Waals surface area (Å²) in [5, 5.41) is 15.2. The van der Waals surface area contributed by atoms with E-state index in [4.69, 9.17) is 14.2 Å². The zero-order chi connectivity index (χ0) is 45.5. The van der Waals surface area contributed by atoms with Gasteiger partial charge >= 0.3 is 5.69 Å². The van der Waals surface area contributed by atoms with Crippen LogP contribution in [0.25, 0.3) is 11.0 Å². The van der Waals surface area contributed by atoms with E-state index in [9.17, 15) is 27.7 Å². The second-order valence-corrected chi connectivity index (χ2v) is 19.9. The van der Waals surface area contributed by atoms with E-state index in [-0.39, 0.29) is 51.1 Å². The standard InChI is InChI=1S/C47H55FN8O8S/c1-29(2)34-7-4-5-8-35(34)39-9-6-16-55(39)32-24-47(25-32)14-17-54(18-15-47)31-10-11-36(41(21-31)64-42-23-37-38(48)28-51-43(37)52-46(42)62-3)45(57)53-65(60,61)33-22-40(56(58)59)44(50-27-33)49-26-30-12-19-63-20-13-30/h4-5,7-8,10-11,21-23,27-30,32,39H,6,9,12-20,24-26H2,1-3H3,(H,49,50)(H,51,52)(H,53,57)/t39-/m0/s1. The molecule has 0 radical (unpaired) electrons. The highest BCUT2D eigenvalue weighted by molar-refractivity contribution is 7.90. The Morgan fingerprint density at radius 3 is 2.57 bits per heavy atom. The van der Waals surface area contributed by atoms with Crippen LogP contribution in [0.4, 0.5) is 21.6 Å². The number of amides is 1. The van der Waals surface area contributed by atoms with Crippen LogP contribution in [0.5, 0.6) is 17.4 Å². The molecule has 9 rings (SSSR count). The lowest BCUT2D eigenvalue weighted by Crippen LogP contribution is -2.54. The molecular weight excluding hydrogens is 856 g/mol. The van der Waals surface area contributed by atoms with Crippen LogP contribution in [-0.4, -0.2) is 91.6 Å². The number of benzene rings is 2. The average Bonchev–Trinajstić information content (AvgIpc) is 3.93. The smallest absolute Gasteiger partial charge is 0.312 e. The predicted octanol–water partition coefficient (Wildman–Crippen LogP) is 8.47. The van der Waals surface area contributed by atoms with E-state index in [0.29, 0.717) is 37.8 Å². The minimum absolute atomic E-state index is 0.0000216. The molecule has 3 saturated heterocycles. The third-order valence-corrected chi connectivity index (χ3v) is 15.2. The van der Waals surface area contributed by atoms with E-state index >= 15 is 0 Å². The molecule has 16 nitrogen and oxygen atoms in total. The third-order valence-electron chi connectivity index (χ3n) is 13.9. The third kappa shape index (κ3) is 9.07. The average molecular weight is 911 g/mol. The molecule has 6 heterocycles.